The molecule has 18 heavy (non-hydrogen) atoms. The van der Waals surface area contributed by atoms with Crippen LogP contribution in [0.5, 0.6) is 0 Å². The molecule has 0 saturated heterocycles. The maximum absolute atomic E-state index is 13.4. The molecule has 1 aromatic rings. The molecule has 1 saturated carbocycles. The van der Waals surface area contributed by atoms with Gasteiger partial charge >= 0.3 is 0 Å². The highest BCUT2D eigenvalue weighted by Crippen LogP contribution is 2.19. The van der Waals surface area contributed by atoms with Gasteiger partial charge in [-0.15, -0.1) is 0 Å². The number of carbonyl (C=O) groups is 1. The van der Waals surface area contributed by atoms with Crippen LogP contribution in [0.15, 0.2) is 18.2 Å². The molecule has 0 aliphatic heterocycles. The lowest BCUT2D eigenvalue weighted by molar-refractivity contribution is 0.0949. The molecule has 2 rings (SSSR count). The molecule has 1 aromatic carbocycles. The van der Waals surface area contributed by atoms with Crippen LogP contribution in [0.2, 0.25) is 5.02 Å². The van der Waals surface area contributed by atoms with E-state index in [1.165, 1.54) is 31.0 Å². The molecule has 3 nitrogen and oxygen atoms in total. The first kappa shape index (κ1) is 13.3. The number of amides is 1. The Hall–Kier alpha value is -1.13. The van der Waals surface area contributed by atoms with Crippen molar-refractivity contribution in [3.8, 4) is 0 Å². The van der Waals surface area contributed by atoms with Crippen molar-refractivity contribution in [2.24, 2.45) is 0 Å². The number of rotatable bonds is 6. The first-order valence-corrected chi connectivity index (χ1v) is 6.52. The smallest absolute Gasteiger partial charge is 0.255 e. The summed E-state index contributed by atoms with van der Waals surface area (Å²) in [4.78, 5) is 11.7. The van der Waals surface area contributed by atoms with Crippen LogP contribution in [0, 0.1) is 5.82 Å². The summed E-state index contributed by atoms with van der Waals surface area (Å²) in [6, 6.07) is 4.89. The SMILES string of the molecule is O=C(NCCCNC1CC1)c1c(F)cccc1Cl. The van der Waals surface area contributed by atoms with Crippen LogP contribution in [0.3, 0.4) is 0 Å². The molecule has 1 fully saturated rings. The van der Waals surface area contributed by atoms with Gasteiger partial charge in [-0.2, -0.15) is 0 Å². The van der Waals surface area contributed by atoms with E-state index in [2.05, 4.69) is 10.6 Å². The van der Waals surface area contributed by atoms with E-state index in [0.29, 0.717) is 12.6 Å². The number of halogens is 2. The van der Waals surface area contributed by atoms with Gasteiger partial charge in [-0.1, -0.05) is 17.7 Å². The minimum Gasteiger partial charge on any atom is -0.352 e. The average Bonchev–Trinajstić information content (AvgIpc) is 3.12. The third-order valence-electron chi connectivity index (χ3n) is 2.84. The number of nitrogens with one attached hydrogen (secondary N) is 2. The Balaban J connectivity index is 1.76. The zero-order chi connectivity index (χ0) is 13.0. The molecule has 2 N–H and O–H groups in total. The van der Waals surface area contributed by atoms with E-state index in [-0.39, 0.29) is 10.6 Å². The van der Waals surface area contributed by atoms with Crippen molar-refractivity contribution < 1.29 is 9.18 Å². The van der Waals surface area contributed by atoms with E-state index >= 15 is 0 Å². The largest absolute Gasteiger partial charge is 0.352 e. The Bertz CT molecular complexity index is 415. The molecule has 0 radical (unpaired) electrons. The molecule has 1 amide bonds. The van der Waals surface area contributed by atoms with E-state index in [4.69, 9.17) is 11.6 Å². The molecule has 98 valence electrons. The fourth-order valence-corrected chi connectivity index (χ4v) is 1.94. The number of hydrogen-bond donors (Lipinski definition) is 2. The molecule has 0 spiro atoms. The van der Waals surface area contributed by atoms with Gasteiger partial charge in [0.05, 0.1) is 10.6 Å². The molecule has 0 unspecified atom stereocenters. The predicted molar refractivity (Wildman–Crippen MR) is 69.4 cm³/mol. The summed E-state index contributed by atoms with van der Waals surface area (Å²) < 4.78 is 13.4. The van der Waals surface area contributed by atoms with Gasteiger partial charge in [0.2, 0.25) is 0 Å². The summed E-state index contributed by atoms with van der Waals surface area (Å²) in [6.45, 7) is 1.39. The molecule has 0 aromatic heterocycles. The normalized spacial score (nSPS) is 14.6. The molecule has 1 aliphatic rings. The Morgan fingerprint density at radius 1 is 1.39 bits per heavy atom. The second kappa shape index (κ2) is 6.16. The fourth-order valence-electron chi connectivity index (χ4n) is 1.69. The molecule has 0 atom stereocenters. The van der Waals surface area contributed by atoms with Crippen LogP contribution in [0.4, 0.5) is 4.39 Å². The molecule has 1 aliphatic carbocycles. The second-order valence-corrected chi connectivity index (χ2v) is 4.84. The number of benzene rings is 1. The lowest BCUT2D eigenvalue weighted by Crippen LogP contribution is -2.28. The Morgan fingerprint density at radius 2 is 2.17 bits per heavy atom. The quantitative estimate of drug-likeness (QED) is 0.779. The van der Waals surface area contributed by atoms with Gasteiger partial charge in [0.15, 0.2) is 0 Å². The summed E-state index contributed by atoms with van der Waals surface area (Å²) in [5, 5.41) is 6.16. The topological polar surface area (TPSA) is 41.1 Å². The zero-order valence-electron chi connectivity index (χ0n) is 10.0. The van der Waals surface area contributed by atoms with Crippen molar-refractivity contribution in [3.63, 3.8) is 0 Å². The van der Waals surface area contributed by atoms with Crippen LogP contribution >= 0.6 is 11.6 Å². The van der Waals surface area contributed by atoms with E-state index in [1.807, 2.05) is 0 Å². The first-order valence-electron chi connectivity index (χ1n) is 6.14. The molecule has 0 heterocycles. The van der Waals surface area contributed by atoms with Gasteiger partial charge in [-0.05, 0) is 37.9 Å². The minimum atomic E-state index is -0.587. The van der Waals surface area contributed by atoms with E-state index < -0.39 is 11.7 Å². The average molecular weight is 271 g/mol. The maximum Gasteiger partial charge on any atom is 0.255 e. The lowest BCUT2D eigenvalue weighted by Gasteiger charge is -2.08. The van der Waals surface area contributed by atoms with Crippen LogP contribution in [-0.4, -0.2) is 25.0 Å². The van der Waals surface area contributed by atoms with Gasteiger partial charge in [0.25, 0.3) is 5.91 Å². The second-order valence-electron chi connectivity index (χ2n) is 4.43. The van der Waals surface area contributed by atoms with E-state index in [9.17, 15) is 9.18 Å². The third kappa shape index (κ3) is 3.68. The van der Waals surface area contributed by atoms with Gasteiger partial charge in [-0.3, -0.25) is 4.79 Å². The summed E-state index contributed by atoms with van der Waals surface area (Å²) in [7, 11) is 0. The Morgan fingerprint density at radius 3 is 2.83 bits per heavy atom. The summed E-state index contributed by atoms with van der Waals surface area (Å²) in [5.41, 5.74) is -0.0747. The third-order valence-corrected chi connectivity index (χ3v) is 3.15. The van der Waals surface area contributed by atoms with Crippen molar-refractivity contribution in [1.29, 1.82) is 0 Å². The van der Waals surface area contributed by atoms with Crippen molar-refractivity contribution in [1.82, 2.24) is 10.6 Å². The van der Waals surface area contributed by atoms with Crippen LogP contribution in [0.1, 0.15) is 29.6 Å². The molecular weight excluding hydrogens is 255 g/mol. The Kier molecular flexibility index (Phi) is 4.55. The van der Waals surface area contributed by atoms with Crippen molar-refractivity contribution in [2.45, 2.75) is 25.3 Å². The molecule has 5 heteroatoms. The highest BCUT2D eigenvalue weighted by atomic mass is 35.5. The fraction of sp³-hybridized carbons (Fsp3) is 0.462. The summed E-state index contributed by atoms with van der Waals surface area (Å²) in [6.07, 6.45) is 3.32. The van der Waals surface area contributed by atoms with E-state index in [1.54, 1.807) is 0 Å². The summed E-state index contributed by atoms with van der Waals surface area (Å²) >= 11 is 5.80. The minimum absolute atomic E-state index is 0.0747. The van der Waals surface area contributed by atoms with Crippen LogP contribution < -0.4 is 10.6 Å². The highest BCUT2D eigenvalue weighted by Gasteiger charge is 2.19. The zero-order valence-corrected chi connectivity index (χ0v) is 10.8. The van der Waals surface area contributed by atoms with Gasteiger partial charge in [0, 0.05) is 12.6 Å². The number of hydrogen-bond acceptors (Lipinski definition) is 2. The van der Waals surface area contributed by atoms with Gasteiger partial charge < -0.3 is 10.6 Å². The van der Waals surface area contributed by atoms with Crippen molar-refractivity contribution in [3.05, 3.63) is 34.6 Å². The van der Waals surface area contributed by atoms with Crippen LogP contribution in [0.25, 0.3) is 0 Å². The Labute approximate surface area is 111 Å². The van der Waals surface area contributed by atoms with E-state index in [0.717, 1.165) is 13.0 Å². The predicted octanol–water partition coefficient (Wildman–Crippen LogP) is 2.35. The monoisotopic (exact) mass is 270 g/mol. The van der Waals surface area contributed by atoms with Gasteiger partial charge in [0.1, 0.15) is 5.82 Å². The van der Waals surface area contributed by atoms with Gasteiger partial charge in [-0.25, -0.2) is 4.39 Å². The first-order chi connectivity index (χ1) is 8.68. The lowest BCUT2D eigenvalue weighted by atomic mass is 10.2. The highest BCUT2D eigenvalue weighted by molar-refractivity contribution is 6.33. The summed E-state index contributed by atoms with van der Waals surface area (Å²) in [5.74, 6) is -1.04. The van der Waals surface area contributed by atoms with Crippen LogP contribution in [-0.2, 0) is 0 Å². The van der Waals surface area contributed by atoms with Crippen molar-refractivity contribution >= 4 is 17.5 Å². The van der Waals surface area contributed by atoms with Crippen molar-refractivity contribution in [2.75, 3.05) is 13.1 Å². The molecule has 0 bridgehead atoms. The number of carbonyl (C=O) groups excluding carboxylic acids is 1. The molecular formula is C13H16ClFN2O. The maximum atomic E-state index is 13.4. The standard InChI is InChI=1S/C13H16ClFN2O/c14-10-3-1-4-11(15)12(10)13(18)17-8-2-7-16-9-5-6-9/h1,3-4,9,16H,2,5-8H2,(H,17,18).